The number of hydrogen-bond donors (Lipinski definition) is 1. The number of carbonyl (C=O) groups excluding carboxylic acids is 1. The summed E-state index contributed by atoms with van der Waals surface area (Å²) in [5.74, 6) is -0.407. The Morgan fingerprint density at radius 3 is 2.88 bits per heavy atom. The number of nitrogens with one attached hydrogen (secondary N) is 1. The first-order valence-corrected chi connectivity index (χ1v) is 8.49. The van der Waals surface area contributed by atoms with Crippen LogP contribution < -0.4 is 10.2 Å². The zero-order valence-electron chi connectivity index (χ0n) is 13.6. The van der Waals surface area contributed by atoms with E-state index in [2.05, 4.69) is 5.32 Å². The van der Waals surface area contributed by atoms with Gasteiger partial charge < -0.3 is 10.2 Å². The summed E-state index contributed by atoms with van der Waals surface area (Å²) in [5, 5.41) is 3.46. The third kappa shape index (κ3) is 3.70. The van der Waals surface area contributed by atoms with Crippen LogP contribution in [0.5, 0.6) is 0 Å². The second-order valence-electron chi connectivity index (χ2n) is 6.19. The van der Waals surface area contributed by atoms with E-state index >= 15 is 0 Å². The van der Waals surface area contributed by atoms with Crippen LogP contribution in [0.15, 0.2) is 42.5 Å². The van der Waals surface area contributed by atoms with Crippen LogP contribution in [0.25, 0.3) is 0 Å². The third-order valence-corrected chi connectivity index (χ3v) is 4.65. The van der Waals surface area contributed by atoms with Gasteiger partial charge in [0.2, 0.25) is 0 Å². The van der Waals surface area contributed by atoms with E-state index in [0.29, 0.717) is 22.8 Å². The van der Waals surface area contributed by atoms with Crippen molar-refractivity contribution in [3.8, 4) is 0 Å². The smallest absolute Gasteiger partial charge is 0.253 e. The Hall–Kier alpha value is -2.07. The summed E-state index contributed by atoms with van der Waals surface area (Å²) in [6.07, 6.45) is 1.78. The van der Waals surface area contributed by atoms with Crippen molar-refractivity contribution in [1.29, 1.82) is 0 Å². The van der Waals surface area contributed by atoms with Gasteiger partial charge in [-0.3, -0.25) is 4.79 Å². The average molecular weight is 347 g/mol. The van der Waals surface area contributed by atoms with E-state index in [1.165, 1.54) is 6.07 Å². The number of benzene rings is 2. The molecule has 1 aliphatic heterocycles. The maximum atomic E-state index is 14.1. The first kappa shape index (κ1) is 16.8. The van der Waals surface area contributed by atoms with Crippen molar-refractivity contribution in [3.05, 3.63) is 64.4 Å². The van der Waals surface area contributed by atoms with Crippen LogP contribution in [-0.2, 0) is 0 Å². The van der Waals surface area contributed by atoms with Crippen molar-refractivity contribution in [1.82, 2.24) is 5.32 Å². The predicted molar refractivity (Wildman–Crippen MR) is 95.3 cm³/mol. The largest absolute Gasteiger partial charge is 0.367 e. The highest BCUT2D eigenvalue weighted by molar-refractivity contribution is 6.33. The van der Waals surface area contributed by atoms with Gasteiger partial charge in [0, 0.05) is 19.1 Å². The highest BCUT2D eigenvalue weighted by atomic mass is 35.5. The summed E-state index contributed by atoms with van der Waals surface area (Å²) >= 11 is 6.08. The maximum absolute atomic E-state index is 14.1. The van der Waals surface area contributed by atoms with E-state index in [4.69, 9.17) is 11.6 Å². The van der Waals surface area contributed by atoms with Crippen LogP contribution >= 0.6 is 11.6 Å². The lowest BCUT2D eigenvalue weighted by molar-refractivity contribution is 0.0933. The topological polar surface area (TPSA) is 32.3 Å². The van der Waals surface area contributed by atoms with E-state index < -0.39 is 0 Å². The number of piperidine rings is 1. The van der Waals surface area contributed by atoms with Gasteiger partial charge in [0.25, 0.3) is 5.91 Å². The van der Waals surface area contributed by atoms with E-state index in [1.807, 2.05) is 17.9 Å². The van der Waals surface area contributed by atoms with Crippen molar-refractivity contribution in [2.45, 2.75) is 25.8 Å². The van der Waals surface area contributed by atoms with Crippen LogP contribution in [0.1, 0.15) is 28.8 Å². The Morgan fingerprint density at radius 1 is 1.29 bits per heavy atom. The Balaban J connectivity index is 1.71. The SMILES string of the molecule is Cc1ccc(F)c(N2CCCC(NC(=O)c3ccccc3Cl)C2)c1. The molecule has 0 aromatic heterocycles. The van der Waals surface area contributed by atoms with Crippen LogP contribution in [0, 0.1) is 12.7 Å². The van der Waals surface area contributed by atoms with Gasteiger partial charge in [-0.15, -0.1) is 0 Å². The van der Waals surface area contributed by atoms with Crippen molar-refractivity contribution >= 4 is 23.2 Å². The van der Waals surface area contributed by atoms with E-state index in [9.17, 15) is 9.18 Å². The van der Waals surface area contributed by atoms with Gasteiger partial charge in [-0.05, 0) is 49.6 Å². The lowest BCUT2D eigenvalue weighted by Gasteiger charge is -2.35. The standard InChI is InChI=1S/C19H20ClFN2O/c1-13-8-9-17(21)18(11-13)23-10-4-5-14(12-23)22-19(24)15-6-2-3-7-16(15)20/h2-3,6-9,11,14H,4-5,10,12H2,1H3,(H,22,24). The quantitative estimate of drug-likeness (QED) is 0.904. The molecule has 0 aliphatic carbocycles. The van der Waals surface area contributed by atoms with E-state index in [-0.39, 0.29) is 17.8 Å². The summed E-state index contributed by atoms with van der Waals surface area (Å²) < 4.78 is 14.1. The lowest BCUT2D eigenvalue weighted by atomic mass is 10.0. The van der Waals surface area contributed by atoms with Gasteiger partial charge in [0.05, 0.1) is 16.3 Å². The number of halogens is 2. The van der Waals surface area contributed by atoms with Crippen molar-refractivity contribution < 1.29 is 9.18 Å². The van der Waals surface area contributed by atoms with Gasteiger partial charge >= 0.3 is 0 Å². The molecule has 2 aromatic rings. The molecule has 1 unspecified atom stereocenters. The molecule has 24 heavy (non-hydrogen) atoms. The summed E-state index contributed by atoms with van der Waals surface area (Å²) in [4.78, 5) is 14.4. The molecule has 2 aromatic carbocycles. The molecule has 1 atom stereocenters. The van der Waals surface area contributed by atoms with Crippen LogP contribution in [0.2, 0.25) is 5.02 Å². The zero-order valence-corrected chi connectivity index (χ0v) is 14.3. The van der Waals surface area contributed by atoms with Crippen molar-refractivity contribution in [3.63, 3.8) is 0 Å². The second-order valence-corrected chi connectivity index (χ2v) is 6.60. The molecule has 0 spiro atoms. The number of aryl methyl sites for hydroxylation is 1. The van der Waals surface area contributed by atoms with Crippen molar-refractivity contribution in [2.24, 2.45) is 0 Å². The molecule has 1 amide bonds. The molecule has 1 N–H and O–H groups in total. The average Bonchev–Trinajstić information content (AvgIpc) is 2.57. The number of hydrogen-bond acceptors (Lipinski definition) is 2. The molecular formula is C19H20ClFN2O. The van der Waals surface area contributed by atoms with Gasteiger partial charge in [-0.2, -0.15) is 0 Å². The minimum Gasteiger partial charge on any atom is -0.367 e. The number of amides is 1. The fourth-order valence-corrected chi connectivity index (χ4v) is 3.31. The first-order valence-electron chi connectivity index (χ1n) is 8.11. The summed E-state index contributed by atoms with van der Waals surface area (Å²) in [6.45, 7) is 3.33. The van der Waals surface area contributed by atoms with Gasteiger partial charge in [0.15, 0.2) is 0 Å². The highest BCUT2D eigenvalue weighted by Crippen LogP contribution is 2.25. The predicted octanol–water partition coefficient (Wildman–Crippen LogP) is 4.19. The zero-order chi connectivity index (χ0) is 17.1. The molecule has 1 saturated heterocycles. The number of anilines is 1. The van der Waals surface area contributed by atoms with E-state index in [0.717, 1.165) is 24.9 Å². The molecule has 1 aliphatic rings. The van der Waals surface area contributed by atoms with Crippen LogP contribution in [0.4, 0.5) is 10.1 Å². The molecule has 1 heterocycles. The summed E-state index contributed by atoms with van der Waals surface area (Å²) in [6, 6.07) is 12.1. The normalized spacial score (nSPS) is 17.6. The monoisotopic (exact) mass is 346 g/mol. The molecule has 0 radical (unpaired) electrons. The molecular weight excluding hydrogens is 327 g/mol. The molecule has 0 bridgehead atoms. The minimum atomic E-state index is -0.223. The van der Waals surface area contributed by atoms with Gasteiger partial charge in [-0.25, -0.2) is 4.39 Å². The van der Waals surface area contributed by atoms with Crippen LogP contribution in [0.3, 0.4) is 0 Å². The van der Waals surface area contributed by atoms with Crippen LogP contribution in [-0.4, -0.2) is 25.0 Å². The Kier molecular flexibility index (Phi) is 5.05. The number of nitrogens with zero attached hydrogens (tertiary/aromatic N) is 1. The Bertz CT molecular complexity index is 750. The molecule has 126 valence electrons. The lowest BCUT2D eigenvalue weighted by Crippen LogP contribution is -2.48. The molecule has 3 nitrogen and oxygen atoms in total. The minimum absolute atomic E-state index is 0.0255. The first-order chi connectivity index (χ1) is 11.5. The maximum Gasteiger partial charge on any atom is 0.253 e. The van der Waals surface area contributed by atoms with E-state index in [1.54, 1.807) is 30.3 Å². The molecule has 5 heteroatoms. The Labute approximate surface area is 146 Å². The fourth-order valence-electron chi connectivity index (χ4n) is 3.09. The highest BCUT2D eigenvalue weighted by Gasteiger charge is 2.24. The Morgan fingerprint density at radius 2 is 2.08 bits per heavy atom. The fraction of sp³-hybridized carbons (Fsp3) is 0.316. The van der Waals surface area contributed by atoms with Gasteiger partial charge in [0.1, 0.15) is 5.82 Å². The summed E-state index contributed by atoms with van der Waals surface area (Å²) in [7, 11) is 0. The molecule has 0 saturated carbocycles. The summed E-state index contributed by atoms with van der Waals surface area (Å²) in [5.41, 5.74) is 2.10. The second kappa shape index (κ2) is 7.22. The molecule has 3 rings (SSSR count). The number of rotatable bonds is 3. The third-order valence-electron chi connectivity index (χ3n) is 4.32. The van der Waals surface area contributed by atoms with Gasteiger partial charge in [-0.1, -0.05) is 29.8 Å². The van der Waals surface area contributed by atoms with Crippen molar-refractivity contribution in [2.75, 3.05) is 18.0 Å². The molecule has 1 fully saturated rings. The number of carbonyl (C=O) groups is 1.